The van der Waals surface area contributed by atoms with E-state index in [0.717, 1.165) is 6.20 Å². The summed E-state index contributed by atoms with van der Waals surface area (Å²) in [5.41, 5.74) is -0.271. The van der Waals surface area contributed by atoms with Gasteiger partial charge in [-0.25, -0.2) is 0 Å². The lowest BCUT2D eigenvalue weighted by Gasteiger charge is -2.07. The molecule has 112 valence electrons. The molecule has 1 N–H and O–H groups in total. The number of anilines is 1. The first-order valence-corrected chi connectivity index (χ1v) is 6.42. The molecule has 0 bridgehead atoms. The van der Waals surface area contributed by atoms with Crippen LogP contribution in [-0.4, -0.2) is 4.92 Å². The van der Waals surface area contributed by atoms with Crippen LogP contribution in [0, 0.1) is 32.8 Å². The van der Waals surface area contributed by atoms with Crippen molar-refractivity contribution in [2.45, 2.75) is 0 Å². The average molecular weight is 306 g/mol. The normalized spacial score (nSPS) is 9.13. The molecular weight excluding hydrogens is 296 g/mol. The second kappa shape index (κ2) is 7.25. The van der Waals surface area contributed by atoms with Crippen molar-refractivity contribution in [1.82, 2.24) is 0 Å². The van der Waals surface area contributed by atoms with E-state index in [1.54, 1.807) is 42.5 Å². The third-order valence-corrected chi connectivity index (χ3v) is 2.76. The minimum absolute atomic E-state index is 0.151. The number of benzene rings is 2. The summed E-state index contributed by atoms with van der Waals surface area (Å²) < 4.78 is 5.54. The van der Waals surface area contributed by atoms with Gasteiger partial charge in [-0.3, -0.25) is 10.1 Å². The first kappa shape index (κ1) is 15.5. The number of para-hydroxylation sites is 1. The van der Waals surface area contributed by atoms with Gasteiger partial charge in [-0.2, -0.15) is 10.5 Å². The van der Waals surface area contributed by atoms with E-state index in [1.165, 1.54) is 12.1 Å². The van der Waals surface area contributed by atoms with Crippen molar-refractivity contribution in [3.8, 4) is 23.6 Å². The van der Waals surface area contributed by atoms with E-state index in [2.05, 4.69) is 5.32 Å². The number of ether oxygens (including phenoxy) is 1. The number of nitro benzene ring substituents is 1. The second-order valence-electron chi connectivity index (χ2n) is 4.28. The fourth-order valence-electron chi connectivity index (χ4n) is 1.71. The van der Waals surface area contributed by atoms with E-state index in [4.69, 9.17) is 15.3 Å². The average Bonchev–Trinajstić information content (AvgIpc) is 2.57. The van der Waals surface area contributed by atoms with Gasteiger partial charge in [0.25, 0.3) is 5.69 Å². The Morgan fingerprint density at radius 2 is 1.83 bits per heavy atom. The Labute approximate surface area is 131 Å². The van der Waals surface area contributed by atoms with Gasteiger partial charge in [-0.1, -0.05) is 18.2 Å². The molecule has 0 heterocycles. The lowest BCUT2D eigenvalue weighted by Crippen LogP contribution is -1.97. The molecule has 2 aromatic carbocycles. The molecule has 0 saturated carbocycles. The molecule has 0 aliphatic heterocycles. The maximum absolute atomic E-state index is 11.2. The van der Waals surface area contributed by atoms with Gasteiger partial charge in [0.2, 0.25) is 0 Å². The number of hydrogen-bond donors (Lipinski definition) is 1. The summed E-state index contributed by atoms with van der Waals surface area (Å²) in [6.07, 6.45) is 1.11. The topological polar surface area (TPSA) is 112 Å². The smallest absolute Gasteiger partial charge is 0.296 e. The minimum Gasteiger partial charge on any atom is -0.457 e. The van der Waals surface area contributed by atoms with Crippen LogP contribution in [0.25, 0.3) is 0 Å². The molecule has 7 nitrogen and oxygen atoms in total. The Balaban J connectivity index is 2.29. The van der Waals surface area contributed by atoms with Crippen molar-refractivity contribution in [3.05, 3.63) is 70.4 Å². The number of nitrogens with one attached hydrogen (secondary N) is 1. The molecule has 0 saturated heterocycles. The largest absolute Gasteiger partial charge is 0.457 e. The molecule has 0 unspecified atom stereocenters. The Kier molecular flexibility index (Phi) is 4.90. The molecular formula is C16H10N4O3. The van der Waals surface area contributed by atoms with Gasteiger partial charge in [0.15, 0.2) is 0 Å². The summed E-state index contributed by atoms with van der Waals surface area (Å²) in [4.78, 5) is 10.6. The SMILES string of the molecule is N#CC(C#N)=CNc1ccc(Oc2ccccc2)cc1[N+](=O)[O-]. The molecule has 23 heavy (non-hydrogen) atoms. The molecule has 7 heteroatoms. The highest BCUT2D eigenvalue weighted by Gasteiger charge is 2.15. The number of nitro groups is 1. The van der Waals surface area contributed by atoms with Gasteiger partial charge in [0, 0.05) is 6.20 Å². The van der Waals surface area contributed by atoms with E-state index in [1.807, 2.05) is 6.07 Å². The van der Waals surface area contributed by atoms with Crippen molar-refractivity contribution >= 4 is 11.4 Å². The Morgan fingerprint density at radius 1 is 1.13 bits per heavy atom. The van der Waals surface area contributed by atoms with Crippen LogP contribution < -0.4 is 10.1 Å². The fourth-order valence-corrected chi connectivity index (χ4v) is 1.71. The number of nitrogens with zero attached hydrogens (tertiary/aromatic N) is 3. The van der Waals surface area contributed by atoms with Crippen LogP contribution in [0.5, 0.6) is 11.5 Å². The highest BCUT2D eigenvalue weighted by atomic mass is 16.6. The van der Waals surface area contributed by atoms with E-state index in [0.29, 0.717) is 11.5 Å². The third-order valence-electron chi connectivity index (χ3n) is 2.76. The zero-order chi connectivity index (χ0) is 16.7. The standard InChI is InChI=1S/C16H10N4O3/c17-9-12(10-18)11-19-15-7-6-14(8-16(15)20(21)22)23-13-4-2-1-3-5-13/h1-8,11,19H. The van der Waals surface area contributed by atoms with Crippen molar-refractivity contribution < 1.29 is 9.66 Å². The van der Waals surface area contributed by atoms with Crippen LogP contribution in [0.4, 0.5) is 11.4 Å². The third kappa shape index (κ3) is 4.06. The molecule has 2 aromatic rings. The van der Waals surface area contributed by atoms with Crippen LogP contribution in [0.1, 0.15) is 0 Å². The highest BCUT2D eigenvalue weighted by molar-refractivity contribution is 5.66. The maximum atomic E-state index is 11.2. The van der Waals surface area contributed by atoms with Crippen LogP contribution in [0.2, 0.25) is 0 Å². The van der Waals surface area contributed by atoms with Crippen LogP contribution in [0.15, 0.2) is 60.3 Å². The molecule has 0 spiro atoms. The van der Waals surface area contributed by atoms with E-state index in [9.17, 15) is 10.1 Å². The van der Waals surface area contributed by atoms with Crippen LogP contribution in [0.3, 0.4) is 0 Å². The van der Waals surface area contributed by atoms with Gasteiger partial charge in [0.05, 0.1) is 11.0 Å². The fraction of sp³-hybridized carbons (Fsp3) is 0. The van der Waals surface area contributed by atoms with Crippen molar-refractivity contribution in [1.29, 1.82) is 10.5 Å². The van der Waals surface area contributed by atoms with E-state index >= 15 is 0 Å². The van der Waals surface area contributed by atoms with Gasteiger partial charge >= 0.3 is 0 Å². The Hall–Kier alpha value is -3.84. The predicted molar refractivity (Wildman–Crippen MR) is 82.5 cm³/mol. The second-order valence-corrected chi connectivity index (χ2v) is 4.28. The molecule has 0 aromatic heterocycles. The molecule has 0 fully saturated rings. The summed E-state index contributed by atoms with van der Waals surface area (Å²) in [5.74, 6) is 0.858. The highest BCUT2D eigenvalue weighted by Crippen LogP contribution is 2.31. The Morgan fingerprint density at radius 3 is 2.43 bits per heavy atom. The van der Waals surface area contributed by atoms with Gasteiger partial charge in [-0.15, -0.1) is 0 Å². The van der Waals surface area contributed by atoms with Gasteiger partial charge in [-0.05, 0) is 24.3 Å². The van der Waals surface area contributed by atoms with Crippen molar-refractivity contribution in [3.63, 3.8) is 0 Å². The number of allylic oxidation sites excluding steroid dienone is 1. The van der Waals surface area contributed by atoms with Crippen molar-refractivity contribution in [2.75, 3.05) is 5.32 Å². The monoisotopic (exact) mass is 306 g/mol. The maximum Gasteiger partial charge on any atom is 0.296 e. The Bertz CT molecular complexity index is 817. The number of rotatable bonds is 5. The summed E-state index contributed by atoms with van der Waals surface area (Å²) in [6, 6.07) is 16.4. The molecule has 0 radical (unpaired) electrons. The lowest BCUT2D eigenvalue weighted by molar-refractivity contribution is -0.384. The first-order valence-electron chi connectivity index (χ1n) is 6.42. The summed E-state index contributed by atoms with van der Waals surface area (Å²) in [7, 11) is 0. The molecule has 0 atom stereocenters. The quantitative estimate of drug-likeness (QED) is 0.511. The molecule has 2 rings (SSSR count). The van der Waals surface area contributed by atoms with Crippen LogP contribution in [-0.2, 0) is 0 Å². The minimum atomic E-state index is -0.577. The van der Waals surface area contributed by atoms with Crippen LogP contribution >= 0.6 is 0 Å². The van der Waals surface area contributed by atoms with E-state index < -0.39 is 4.92 Å². The predicted octanol–water partition coefficient (Wildman–Crippen LogP) is 3.73. The number of hydrogen-bond acceptors (Lipinski definition) is 6. The molecule has 0 aliphatic carbocycles. The van der Waals surface area contributed by atoms with E-state index in [-0.39, 0.29) is 16.9 Å². The van der Waals surface area contributed by atoms with Crippen molar-refractivity contribution in [2.24, 2.45) is 0 Å². The zero-order valence-corrected chi connectivity index (χ0v) is 11.8. The summed E-state index contributed by atoms with van der Waals surface area (Å²) in [6.45, 7) is 0. The van der Waals surface area contributed by atoms with Gasteiger partial charge in [0.1, 0.15) is 34.9 Å². The zero-order valence-electron chi connectivity index (χ0n) is 11.8. The summed E-state index contributed by atoms with van der Waals surface area (Å²) >= 11 is 0. The number of nitriles is 2. The molecule has 0 amide bonds. The first-order chi connectivity index (χ1) is 11.1. The lowest BCUT2D eigenvalue weighted by atomic mass is 10.2. The summed E-state index contributed by atoms with van der Waals surface area (Å²) in [5, 5.41) is 31.1. The van der Waals surface area contributed by atoms with Gasteiger partial charge < -0.3 is 10.1 Å². The molecule has 0 aliphatic rings.